The van der Waals surface area contributed by atoms with Gasteiger partial charge < -0.3 is 5.73 Å². The van der Waals surface area contributed by atoms with E-state index in [1.165, 1.54) is 5.56 Å². The van der Waals surface area contributed by atoms with Crippen LogP contribution in [0.3, 0.4) is 0 Å². The molecule has 0 amide bonds. The van der Waals surface area contributed by atoms with Gasteiger partial charge in [-0.1, -0.05) is 60.2 Å². The molecule has 0 unspecified atom stereocenters. The third-order valence-corrected chi connectivity index (χ3v) is 3.19. The van der Waals surface area contributed by atoms with Gasteiger partial charge in [0.1, 0.15) is 0 Å². The third-order valence-electron chi connectivity index (χ3n) is 3.19. The number of imidazole rings is 1. The molecule has 0 saturated carbocycles. The molecule has 0 radical (unpaired) electrons. The Balaban J connectivity index is 1.86. The highest BCUT2D eigenvalue weighted by Gasteiger charge is 2.05. The minimum Gasteiger partial charge on any atom is -0.368 e. The van der Waals surface area contributed by atoms with E-state index in [2.05, 4.69) is 17.0 Å². The molecule has 0 spiro atoms. The second-order valence-corrected chi connectivity index (χ2v) is 4.85. The topological polar surface area (TPSA) is 56.2 Å². The van der Waals surface area contributed by atoms with E-state index in [9.17, 15) is 0 Å². The maximum atomic E-state index is 5.91. The van der Waals surface area contributed by atoms with Crippen LogP contribution >= 0.6 is 0 Å². The normalized spacial score (nSPS) is 11.1. The summed E-state index contributed by atoms with van der Waals surface area (Å²) in [6, 6.07) is 18.0. The third kappa shape index (κ3) is 3.00. The Kier molecular flexibility index (Phi) is 3.51. The molecule has 4 heteroatoms. The van der Waals surface area contributed by atoms with Crippen molar-refractivity contribution in [1.82, 2.24) is 9.66 Å². The molecule has 0 aliphatic rings. The molecule has 0 bridgehead atoms. The van der Waals surface area contributed by atoms with E-state index in [4.69, 9.17) is 5.73 Å². The van der Waals surface area contributed by atoms with Crippen molar-refractivity contribution < 1.29 is 0 Å². The van der Waals surface area contributed by atoms with Crippen molar-refractivity contribution in [3.63, 3.8) is 0 Å². The fraction of sp³-hybridized carbons (Fsp3) is 0.0588. The van der Waals surface area contributed by atoms with Gasteiger partial charge in [-0.3, -0.25) is 0 Å². The summed E-state index contributed by atoms with van der Waals surface area (Å²) in [5.41, 5.74) is 9.99. The molecule has 0 saturated heterocycles. The standard InChI is InChI=1S/C17H16N4/c1-13-7-9-14(10-8-13)11-19-21-12-16(20-17(21)18)15-5-3-2-4-6-15/h2-12H,1H3,(H2,18,20). The lowest BCUT2D eigenvalue weighted by Crippen LogP contribution is -1.96. The van der Waals surface area contributed by atoms with Gasteiger partial charge in [0.2, 0.25) is 5.95 Å². The largest absolute Gasteiger partial charge is 0.368 e. The van der Waals surface area contributed by atoms with Crippen LogP contribution in [0.25, 0.3) is 11.3 Å². The summed E-state index contributed by atoms with van der Waals surface area (Å²) in [5.74, 6) is 0.372. The molecular weight excluding hydrogens is 260 g/mol. The number of aromatic nitrogens is 2. The van der Waals surface area contributed by atoms with E-state index in [-0.39, 0.29) is 0 Å². The molecule has 3 rings (SSSR count). The van der Waals surface area contributed by atoms with Gasteiger partial charge in [-0.2, -0.15) is 5.10 Å². The fourth-order valence-electron chi connectivity index (χ4n) is 2.01. The molecule has 104 valence electrons. The van der Waals surface area contributed by atoms with E-state index in [1.54, 1.807) is 10.9 Å². The Labute approximate surface area is 123 Å². The van der Waals surface area contributed by atoms with Crippen LogP contribution in [0.5, 0.6) is 0 Å². The lowest BCUT2D eigenvalue weighted by Gasteiger charge is -1.96. The van der Waals surface area contributed by atoms with Gasteiger partial charge in [0.25, 0.3) is 0 Å². The molecule has 3 aromatic rings. The molecule has 1 aromatic heterocycles. The summed E-state index contributed by atoms with van der Waals surface area (Å²) in [5, 5.41) is 4.36. The van der Waals surface area contributed by atoms with Gasteiger partial charge in [0.05, 0.1) is 18.1 Å². The van der Waals surface area contributed by atoms with Gasteiger partial charge in [0, 0.05) is 5.56 Å². The first kappa shape index (κ1) is 13.1. The molecule has 1 heterocycles. The molecule has 21 heavy (non-hydrogen) atoms. The smallest absolute Gasteiger partial charge is 0.221 e. The SMILES string of the molecule is Cc1ccc(C=Nn2cc(-c3ccccc3)nc2N)cc1. The number of nitrogen functional groups attached to an aromatic ring is 1. The number of hydrogen-bond acceptors (Lipinski definition) is 3. The van der Waals surface area contributed by atoms with Crippen molar-refractivity contribution in [3.05, 3.63) is 71.9 Å². The summed E-state index contributed by atoms with van der Waals surface area (Å²) < 4.78 is 1.59. The molecule has 2 N–H and O–H groups in total. The van der Waals surface area contributed by atoms with Crippen molar-refractivity contribution in [2.45, 2.75) is 6.92 Å². The second kappa shape index (κ2) is 5.63. The monoisotopic (exact) mass is 276 g/mol. The lowest BCUT2D eigenvalue weighted by atomic mass is 10.2. The summed E-state index contributed by atoms with van der Waals surface area (Å²) in [4.78, 5) is 4.33. The van der Waals surface area contributed by atoms with Crippen LogP contribution in [0.4, 0.5) is 5.95 Å². The van der Waals surface area contributed by atoms with Crippen LogP contribution in [0, 0.1) is 6.92 Å². The van der Waals surface area contributed by atoms with E-state index < -0.39 is 0 Å². The highest BCUT2D eigenvalue weighted by atomic mass is 15.4. The minimum absolute atomic E-state index is 0.372. The second-order valence-electron chi connectivity index (χ2n) is 4.85. The van der Waals surface area contributed by atoms with Crippen LogP contribution in [0.15, 0.2) is 65.9 Å². The van der Waals surface area contributed by atoms with Gasteiger partial charge in [0.15, 0.2) is 0 Å². The van der Waals surface area contributed by atoms with E-state index in [0.717, 1.165) is 16.8 Å². The minimum atomic E-state index is 0.372. The van der Waals surface area contributed by atoms with Crippen molar-refractivity contribution in [2.24, 2.45) is 5.10 Å². The Morgan fingerprint density at radius 1 is 1.05 bits per heavy atom. The van der Waals surface area contributed by atoms with Gasteiger partial charge in [-0.15, -0.1) is 0 Å². The van der Waals surface area contributed by atoms with Crippen molar-refractivity contribution in [2.75, 3.05) is 5.73 Å². The first-order chi connectivity index (χ1) is 10.2. The molecule has 0 fully saturated rings. The first-order valence-corrected chi connectivity index (χ1v) is 6.74. The van der Waals surface area contributed by atoms with Crippen LogP contribution in [0.1, 0.15) is 11.1 Å². The average molecular weight is 276 g/mol. The van der Waals surface area contributed by atoms with Crippen molar-refractivity contribution in [3.8, 4) is 11.3 Å². The van der Waals surface area contributed by atoms with Crippen LogP contribution < -0.4 is 5.73 Å². The maximum absolute atomic E-state index is 5.91. The predicted molar refractivity (Wildman–Crippen MR) is 86.2 cm³/mol. The Morgan fingerprint density at radius 2 is 1.76 bits per heavy atom. The summed E-state index contributed by atoms with van der Waals surface area (Å²) in [6.45, 7) is 2.06. The maximum Gasteiger partial charge on any atom is 0.221 e. The van der Waals surface area contributed by atoms with E-state index in [0.29, 0.717) is 5.95 Å². The highest BCUT2D eigenvalue weighted by molar-refractivity contribution is 5.79. The van der Waals surface area contributed by atoms with Crippen LogP contribution in [-0.4, -0.2) is 15.9 Å². The first-order valence-electron chi connectivity index (χ1n) is 6.74. The van der Waals surface area contributed by atoms with Crippen molar-refractivity contribution >= 4 is 12.2 Å². The average Bonchev–Trinajstić information content (AvgIpc) is 2.89. The Bertz CT molecular complexity index is 755. The molecule has 2 aromatic carbocycles. The number of aryl methyl sites for hydroxylation is 1. The molecule has 0 atom stereocenters. The summed E-state index contributed by atoms with van der Waals surface area (Å²) >= 11 is 0. The van der Waals surface area contributed by atoms with Gasteiger partial charge >= 0.3 is 0 Å². The van der Waals surface area contributed by atoms with Gasteiger partial charge in [-0.25, -0.2) is 9.66 Å². The Hall–Kier alpha value is -2.88. The number of benzene rings is 2. The number of rotatable bonds is 3. The molecule has 4 nitrogen and oxygen atoms in total. The number of anilines is 1. The van der Waals surface area contributed by atoms with E-state index >= 15 is 0 Å². The predicted octanol–water partition coefficient (Wildman–Crippen LogP) is 3.32. The van der Waals surface area contributed by atoms with Crippen LogP contribution in [0.2, 0.25) is 0 Å². The highest BCUT2D eigenvalue weighted by Crippen LogP contribution is 2.19. The number of nitrogens with zero attached hydrogens (tertiary/aromatic N) is 3. The number of hydrogen-bond donors (Lipinski definition) is 1. The summed E-state index contributed by atoms with van der Waals surface area (Å²) in [6.07, 6.45) is 3.60. The van der Waals surface area contributed by atoms with Crippen molar-refractivity contribution in [1.29, 1.82) is 0 Å². The zero-order valence-electron chi connectivity index (χ0n) is 11.8. The van der Waals surface area contributed by atoms with Gasteiger partial charge in [-0.05, 0) is 12.5 Å². The van der Waals surface area contributed by atoms with Crippen LogP contribution in [-0.2, 0) is 0 Å². The Morgan fingerprint density at radius 3 is 2.48 bits per heavy atom. The quantitative estimate of drug-likeness (QED) is 0.746. The molecule has 0 aliphatic carbocycles. The lowest BCUT2D eigenvalue weighted by molar-refractivity contribution is 0.898. The fourth-order valence-corrected chi connectivity index (χ4v) is 2.01. The van der Waals surface area contributed by atoms with E-state index in [1.807, 2.05) is 60.8 Å². The summed E-state index contributed by atoms with van der Waals surface area (Å²) in [7, 11) is 0. The molecule has 0 aliphatic heterocycles. The zero-order valence-corrected chi connectivity index (χ0v) is 11.8. The zero-order chi connectivity index (χ0) is 14.7. The molecular formula is C17H16N4. The number of nitrogens with two attached hydrogens (primary N) is 1.